The van der Waals surface area contributed by atoms with Crippen molar-refractivity contribution in [2.45, 2.75) is 11.3 Å². The van der Waals surface area contributed by atoms with Gasteiger partial charge < -0.3 is 0 Å². The van der Waals surface area contributed by atoms with Gasteiger partial charge in [0, 0.05) is 16.7 Å². The zero-order chi connectivity index (χ0) is 13.4. The molecule has 0 atom stereocenters. The van der Waals surface area contributed by atoms with Crippen LogP contribution in [0.5, 0.6) is 0 Å². The molecule has 10 heteroatoms. The maximum Gasteiger partial charge on any atom is 0.306 e. The van der Waals surface area contributed by atoms with E-state index in [0.717, 1.165) is 0 Å². The average Bonchev–Trinajstić information content (AvgIpc) is 2.14. The summed E-state index contributed by atoms with van der Waals surface area (Å²) in [5.41, 5.74) is -2.76. The smallest absolute Gasteiger partial charge is 0.258 e. The molecule has 5 nitrogen and oxygen atoms in total. The molecular weight excluding hydrogens is 287 g/mol. The first kappa shape index (κ1) is 13.7. The van der Waals surface area contributed by atoms with Gasteiger partial charge in [-0.1, -0.05) is 0 Å². The lowest BCUT2D eigenvalue weighted by Gasteiger charge is -2.04. The van der Waals surface area contributed by atoms with E-state index in [1.807, 2.05) is 0 Å². The van der Waals surface area contributed by atoms with Gasteiger partial charge in [0.15, 0.2) is 0 Å². The molecule has 0 amide bonds. The summed E-state index contributed by atoms with van der Waals surface area (Å²) in [5.74, 6) is -1.78. The number of hydrogen-bond acceptors (Lipinski definition) is 4. The lowest BCUT2D eigenvalue weighted by molar-refractivity contribution is -0.387. The van der Waals surface area contributed by atoms with Gasteiger partial charge in [-0.15, -0.1) is 0 Å². The van der Waals surface area contributed by atoms with Crippen molar-refractivity contribution >= 4 is 25.4 Å². The maximum absolute atomic E-state index is 13.2. The van der Waals surface area contributed by atoms with Gasteiger partial charge >= 0.3 is 5.69 Å². The standard InChI is InChI=1S/C7H3ClF3NO4S/c8-17(15,16)3-1-4(7(10)11)6(9)5(2-3)12(13)14/h1-2,7H. The van der Waals surface area contributed by atoms with Crippen LogP contribution in [0.4, 0.5) is 18.9 Å². The van der Waals surface area contributed by atoms with E-state index in [1.54, 1.807) is 0 Å². The van der Waals surface area contributed by atoms with Gasteiger partial charge in [-0.25, -0.2) is 17.2 Å². The van der Waals surface area contributed by atoms with Crippen LogP contribution in [-0.4, -0.2) is 13.3 Å². The molecule has 0 aliphatic carbocycles. The Balaban J connectivity index is 3.65. The third-order valence-corrected chi connectivity index (χ3v) is 3.10. The molecule has 0 N–H and O–H groups in total. The number of nitro benzene ring substituents is 1. The van der Waals surface area contributed by atoms with Crippen LogP contribution in [0, 0.1) is 15.9 Å². The lowest BCUT2D eigenvalue weighted by atomic mass is 10.2. The highest BCUT2D eigenvalue weighted by molar-refractivity contribution is 8.13. The normalized spacial score (nSPS) is 11.8. The summed E-state index contributed by atoms with van der Waals surface area (Å²) >= 11 is 0. The van der Waals surface area contributed by atoms with Crippen LogP contribution >= 0.6 is 10.7 Å². The fourth-order valence-corrected chi connectivity index (χ4v) is 1.82. The number of alkyl halides is 2. The molecule has 0 heterocycles. The SMILES string of the molecule is O=[N+]([O-])c1cc(S(=O)(=O)Cl)cc(C(F)F)c1F. The van der Waals surface area contributed by atoms with E-state index in [0.29, 0.717) is 0 Å². The molecule has 0 aliphatic heterocycles. The third-order valence-electron chi connectivity index (χ3n) is 1.77. The Morgan fingerprint density at radius 2 is 1.88 bits per heavy atom. The molecule has 1 aromatic rings. The van der Waals surface area contributed by atoms with E-state index in [9.17, 15) is 31.7 Å². The molecule has 0 saturated carbocycles. The topological polar surface area (TPSA) is 77.3 Å². The number of rotatable bonds is 3. The van der Waals surface area contributed by atoms with Crippen molar-refractivity contribution in [3.05, 3.63) is 33.6 Å². The van der Waals surface area contributed by atoms with E-state index >= 15 is 0 Å². The minimum Gasteiger partial charge on any atom is -0.258 e. The van der Waals surface area contributed by atoms with Crippen LogP contribution in [0.1, 0.15) is 12.0 Å². The second kappa shape index (κ2) is 4.49. The number of hydrogen-bond donors (Lipinski definition) is 0. The van der Waals surface area contributed by atoms with Crippen LogP contribution in [0.25, 0.3) is 0 Å². The predicted molar refractivity (Wildman–Crippen MR) is 51.1 cm³/mol. The van der Waals surface area contributed by atoms with Crippen LogP contribution in [-0.2, 0) is 9.05 Å². The second-order valence-electron chi connectivity index (χ2n) is 2.84. The van der Waals surface area contributed by atoms with Gasteiger partial charge in [0.25, 0.3) is 15.5 Å². The van der Waals surface area contributed by atoms with E-state index in [2.05, 4.69) is 0 Å². The minimum absolute atomic E-state index is 0.259. The van der Waals surface area contributed by atoms with Gasteiger partial charge in [-0.3, -0.25) is 10.1 Å². The van der Waals surface area contributed by atoms with E-state index < -0.39 is 42.4 Å². The van der Waals surface area contributed by atoms with Crippen LogP contribution in [0.2, 0.25) is 0 Å². The molecule has 0 saturated heterocycles. The first-order valence-electron chi connectivity index (χ1n) is 3.85. The fraction of sp³-hybridized carbons (Fsp3) is 0.143. The summed E-state index contributed by atoms with van der Waals surface area (Å²) in [6.07, 6.45) is -3.40. The van der Waals surface area contributed by atoms with Crippen molar-refractivity contribution in [3.63, 3.8) is 0 Å². The third kappa shape index (κ3) is 2.86. The van der Waals surface area contributed by atoms with Crippen LogP contribution in [0.15, 0.2) is 17.0 Å². The fourth-order valence-electron chi connectivity index (χ4n) is 1.04. The summed E-state index contributed by atoms with van der Waals surface area (Å²) in [6, 6.07) is 0.541. The summed E-state index contributed by atoms with van der Waals surface area (Å²) in [6.45, 7) is 0. The largest absolute Gasteiger partial charge is 0.306 e. The summed E-state index contributed by atoms with van der Waals surface area (Å²) < 4.78 is 59.6. The number of halogens is 4. The zero-order valence-electron chi connectivity index (χ0n) is 7.73. The zero-order valence-corrected chi connectivity index (χ0v) is 9.30. The van der Waals surface area contributed by atoms with Crippen molar-refractivity contribution in [1.29, 1.82) is 0 Å². The quantitative estimate of drug-likeness (QED) is 0.487. The van der Waals surface area contributed by atoms with Crippen LogP contribution < -0.4 is 0 Å². The molecule has 0 radical (unpaired) electrons. The molecule has 0 fully saturated rings. The number of benzene rings is 1. The lowest BCUT2D eigenvalue weighted by Crippen LogP contribution is -2.02. The van der Waals surface area contributed by atoms with Gasteiger partial charge in [0.1, 0.15) is 0 Å². The molecule has 1 rings (SSSR count). The Morgan fingerprint density at radius 1 is 1.35 bits per heavy atom. The highest BCUT2D eigenvalue weighted by Crippen LogP contribution is 2.32. The van der Waals surface area contributed by atoms with E-state index in [-0.39, 0.29) is 12.1 Å². The van der Waals surface area contributed by atoms with Crippen molar-refractivity contribution in [2.75, 3.05) is 0 Å². The Bertz CT molecular complexity index is 575. The highest BCUT2D eigenvalue weighted by Gasteiger charge is 2.27. The molecule has 0 unspecified atom stereocenters. The van der Waals surface area contributed by atoms with Crippen molar-refractivity contribution in [2.24, 2.45) is 0 Å². The van der Waals surface area contributed by atoms with Gasteiger partial charge in [-0.2, -0.15) is 4.39 Å². The average molecular weight is 290 g/mol. The predicted octanol–water partition coefficient (Wildman–Crippen LogP) is 2.60. The monoisotopic (exact) mass is 289 g/mol. The molecule has 17 heavy (non-hydrogen) atoms. The molecule has 0 spiro atoms. The molecule has 0 aromatic heterocycles. The number of nitrogens with zero attached hydrogens (tertiary/aromatic N) is 1. The molecule has 0 bridgehead atoms. The van der Waals surface area contributed by atoms with Crippen molar-refractivity contribution in [3.8, 4) is 0 Å². The van der Waals surface area contributed by atoms with Crippen LogP contribution in [0.3, 0.4) is 0 Å². The highest BCUT2D eigenvalue weighted by atomic mass is 35.7. The maximum atomic E-state index is 13.2. The summed E-state index contributed by atoms with van der Waals surface area (Å²) in [5, 5.41) is 10.4. The van der Waals surface area contributed by atoms with Gasteiger partial charge in [0.2, 0.25) is 5.82 Å². The summed E-state index contributed by atoms with van der Waals surface area (Å²) in [7, 11) is 0.383. The van der Waals surface area contributed by atoms with Crippen molar-refractivity contribution < 1.29 is 26.5 Å². The van der Waals surface area contributed by atoms with Crippen molar-refractivity contribution in [1.82, 2.24) is 0 Å². The first-order valence-corrected chi connectivity index (χ1v) is 6.16. The van der Waals surface area contributed by atoms with E-state index in [1.165, 1.54) is 0 Å². The van der Waals surface area contributed by atoms with Gasteiger partial charge in [0.05, 0.1) is 15.4 Å². The Hall–Kier alpha value is -1.35. The van der Waals surface area contributed by atoms with Gasteiger partial charge in [-0.05, 0) is 6.07 Å². The Morgan fingerprint density at radius 3 is 2.24 bits per heavy atom. The van der Waals surface area contributed by atoms with E-state index in [4.69, 9.17) is 10.7 Å². The number of nitro groups is 1. The molecule has 0 aliphatic rings. The minimum atomic E-state index is -4.46. The Labute approximate surface area is 97.4 Å². The first-order chi connectivity index (χ1) is 7.64. The molecule has 94 valence electrons. The Kier molecular flexibility index (Phi) is 3.62. The summed E-state index contributed by atoms with van der Waals surface area (Å²) in [4.78, 5) is 8.09. The second-order valence-corrected chi connectivity index (χ2v) is 5.41. The molecular formula is C7H3ClF3NO4S. The molecule has 1 aromatic carbocycles.